The van der Waals surface area contributed by atoms with Gasteiger partial charge in [-0.2, -0.15) is 0 Å². The lowest BCUT2D eigenvalue weighted by atomic mass is 9.93. The Morgan fingerprint density at radius 1 is 1.39 bits per heavy atom. The fourth-order valence-electron chi connectivity index (χ4n) is 2.06. The number of hydrogen-bond donors (Lipinski definition) is 0. The second kappa shape index (κ2) is 5.67. The minimum absolute atomic E-state index is 0.223. The predicted molar refractivity (Wildman–Crippen MR) is 65.1 cm³/mol. The van der Waals surface area contributed by atoms with Crippen molar-refractivity contribution in [2.45, 2.75) is 26.2 Å². The molecule has 0 bridgehead atoms. The van der Waals surface area contributed by atoms with E-state index in [1.807, 2.05) is 31.2 Å². The molecule has 18 heavy (non-hydrogen) atoms. The molecule has 0 amide bonds. The van der Waals surface area contributed by atoms with Gasteiger partial charge in [0.25, 0.3) is 0 Å². The van der Waals surface area contributed by atoms with E-state index in [9.17, 15) is 9.59 Å². The summed E-state index contributed by atoms with van der Waals surface area (Å²) in [4.78, 5) is 22.5. The number of carbonyl (C=O) groups excluding carboxylic acids is 2. The van der Waals surface area contributed by atoms with Crippen molar-refractivity contribution < 1.29 is 19.1 Å². The Hall–Kier alpha value is -1.84. The Morgan fingerprint density at radius 3 is 2.94 bits per heavy atom. The zero-order chi connectivity index (χ0) is 13.0. The van der Waals surface area contributed by atoms with Gasteiger partial charge in [-0.25, -0.2) is 0 Å². The van der Waals surface area contributed by atoms with Crippen molar-refractivity contribution in [3.63, 3.8) is 0 Å². The van der Waals surface area contributed by atoms with Gasteiger partial charge in [0.2, 0.25) is 0 Å². The first-order valence-corrected chi connectivity index (χ1v) is 6.15. The third-order valence-electron chi connectivity index (χ3n) is 2.94. The van der Waals surface area contributed by atoms with E-state index in [0.717, 1.165) is 11.3 Å². The molecule has 0 spiro atoms. The molecule has 1 heterocycles. The molecule has 4 nitrogen and oxygen atoms in total. The van der Waals surface area contributed by atoms with E-state index < -0.39 is 11.9 Å². The van der Waals surface area contributed by atoms with E-state index >= 15 is 0 Å². The van der Waals surface area contributed by atoms with Crippen LogP contribution in [0.1, 0.15) is 25.3 Å². The number of hydrogen-bond acceptors (Lipinski definition) is 4. The molecule has 1 unspecified atom stereocenters. The Labute approximate surface area is 106 Å². The molecule has 1 aliphatic rings. The normalized spacial score (nSPS) is 19.5. The molecule has 0 N–H and O–H groups in total. The number of ether oxygens (including phenoxy) is 2. The van der Waals surface area contributed by atoms with Crippen molar-refractivity contribution >= 4 is 11.9 Å². The Balaban J connectivity index is 2.02. The van der Waals surface area contributed by atoms with Crippen molar-refractivity contribution in [3.05, 3.63) is 29.8 Å². The lowest BCUT2D eigenvalue weighted by Gasteiger charge is -2.19. The van der Waals surface area contributed by atoms with Gasteiger partial charge in [-0.1, -0.05) is 12.1 Å². The molecule has 96 valence electrons. The zero-order valence-electron chi connectivity index (χ0n) is 10.3. The van der Waals surface area contributed by atoms with Crippen LogP contribution in [0.2, 0.25) is 0 Å². The van der Waals surface area contributed by atoms with Crippen molar-refractivity contribution in [3.8, 4) is 5.75 Å². The third kappa shape index (κ3) is 3.09. The first-order valence-electron chi connectivity index (χ1n) is 6.15. The lowest BCUT2D eigenvalue weighted by Crippen LogP contribution is -2.29. The van der Waals surface area contributed by atoms with E-state index in [0.29, 0.717) is 25.9 Å². The fraction of sp³-hybridized carbons (Fsp3) is 0.429. The van der Waals surface area contributed by atoms with Crippen LogP contribution < -0.4 is 4.74 Å². The Morgan fingerprint density at radius 2 is 2.22 bits per heavy atom. The van der Waals surface area contributed by atoms with Crippen molar-refractivity contribution in [1.82, 2.24) is 0 Å². The molecule has 0 radical (unpaired) electrons. The minimum atomic E-state index is -0.417. The molecule has 2 rings (SSSR count). The molecule has 0 aromatic heterocycles. The minimum Gasteiger partial charge on any atom is -0.494 e. The SMILES string of the molecule is CCOc1cccc(CC2CCC(=O)OC2=O)c1. The number of carbonyl (C=O) groups is 2. The van der Waals surface area contributed by atoms with Gasteiger partial charge >= 0.3 is 11.9 Å². The van der Waals surface area contributed by atoms with Crippen LogP contribution in [0, 0.1) is 5.92 Å². The fourth-order valence-corrected chi connectivity index (χ4v) is 2.06. The molecule has 1 atom stereocenters. The molecule has 1 aliphatic heterocycles. The highest BCUT2D eigenvalue weighted by Crippen LogP contribution is 2.23. The van der Waals surface area contributed by atoms with Crippen LogP contribution in [0.25, 0.3) is 0 Å². The second-order valence-electron chi connectivity index (χ2n) is 4.31. The van der Waals surface area contributed by atoms with Crippen LogP contribution in [0.4, 0.5) is 0 Å². The highest BCUT2D eigenvalue weighted by atomic mass is 16.6. The summed E-state index contributed by atoms with van der Waals surface area (Å²) in [7, 11) is 0. The van der Waals surface area contributed by atoms with Crippen LogP contribution in [-0.2, 0) is 20.7 Å². The van der Waals surface area contributed by atoms with Crippen LogP contribution >= 0.6 is 0 Å². The molecule has 1 fully saturated rings. The van der Waals surface area contributed by atoms with Crippen LogP contribution in [-0.4, -0.2) is 18.5 Å². The summed E-state index contributed by atoms with van der Waals surface area (Å²) in [5, 5.41) is 0. The monoisotopic (exact) mass is 248 g/mol. The van der Waals surface area contributed by atoms with Gasteiger partial charge in [0.05, 0.1) is 12.5 Å². The maximum atomic E-state index is 11.5. The Kier molecular flexibility index (Phi) is 3.97. The molecular weight excluding hydrogens is 232 g/mol. The van der Waals surface area contributed by atoms with Crippen LogP contribution in [0.5, 0.6) is 5.75 Å². The molecule has 1 aromatic carbocycles. The smallest absolute Gasteiger partial charge is 0.316 e. The average molecular weight is 248 g/mol. The molecule has 0 aliphatic carbocycles. The number of benzene rings is 1. The summed E-state index contributed by atoms with van der Waals surface area (Å²) in [6, 6.07) is 7.66. The summed E-state index contributed by atoms with van der Waals surface area (Å²) in [5.74, 6) is -0.248. The quantitative estimate of drug-likeness (QED) is 0.605. The summed E-state index contributed by atoms with van der Waals surface area (Å²) >= 11 is 0. The predicted octanol–water partition coefficient (Wildman–Crippen LogP) is 2.11. The molecule has 0 saturated carbocycles. The van der Waals surface area contributed by atoms with Crippen LogP contribution in [0.15, 0.2) is 24.3 Å². The summed E-state index contributed by atoms with van der Waals surface area (Å²) in [6.45, 7) is 2.54. The van der Waals surface area contributed by atoms with E-state index in [1.54, 1.807) is 0 Å². The molecule has 1 aromatic rings. The average Bonchev–Trinajstić information content (AvgIpc) is 2.34. The number of cyclic esters (lactones) is 2. The number of esters is 2. The van der Waals surface area contributed by atoms with E-state index in [2.05, 4.69) is 4.74 Å². The standard InChI is InChI=1S/C14H16O4/c1-2-17-12-5-3-4-10(9-12)8-11-6-7-13(15)18-14(11)16/h3-5,9,11H,2,6-8H2,1H3. The van der Waals surface area contributed by atoms with Gasteiger partial charge in [-0.15, -0.1) is 0 Å². The molecule has 4 heteroatoms. The van der Waals surface area contributed by atoms with Gasteiger partial charge in [-0.05, 0) is 37.5 Å². The maximum Gasteiger partial charge on any atom is 0.316 e. The lowest BCUT2D eigenvalue weighted by molar-refractivity contribution is -0.167. The zero-order valence-corrected chi connectivity index (χ0v) is 10.3. The highest BCUT2D eigenvalue weighted by Gasteiger charge is 2.28. The van der Waals surface area contributed by atoms with Crippen molar-refractivity contribution in [2.24, 2.45) is 5.92 Å². The highest BCUT2D eigenvalue weighted by molar-refractivity contribution is 5.89. The summed E-state index contributed by atoms with van der Waals surface area (Å²) in [6.07, 6.45) is 1.48. The van der Waals surface area contributed by atoms with Gasteiger partial charge in [0, 0.05) is 6.42 Å². The van der Waals surface area contributed by atoms with Gasteiger partial charge in [0.1, 0.15) is 5.75 Å². The topological polar surface area (TPSA) is 52.6 Å². The first kappa shape index (κ1) is 12.6. The second-order valence-corrected chi connectivity index (χ2v) is 4.31. The maximum absolute atomic E-state index is 11.5. The Bertz CT molecular complexity index is 453. The van der Waals surface area contributed by atoms with Gasteiger partial charge in [-0.3, -0.25) is 9.59 Å². The molecule has 1 saturated heterocycles. The summed E-state index contributed by atoms with van der Waals surface area (Å²) in [5.41, 5.74) is 1.03. The van der Waals surface area contributed by atoms with Gasteiger partial charge in [0.15, 0.2) is 0 Å². The van der Waals surface area contributed by atoms with Crippen molar-refractivity contribution in [2.75, 3.05) is 6.61 Å². The van der Waals surface area contributed by atoms with E-state index in [1.165, 1.54) is 0 Å². The first-order chi connectivity index (χ1) is 8.69. The molecular formula is C14H16O4. The largest absolute Gasteiger partial charge is 0.494 e. The van der Waals surface area contributed by atoms with Gasteiger partial charge < -0.3 is 9.47 Å². The summed E-state index contributed by atoms with van der Waals surface area (Å²) < 4.78 is 10.0. The van der Waals surface area contributed by atoms with E-state index in [4.69, 9.17) is 4.74 Å². The third-order valence-corrected chi connectivity index (χ3v) is 2.94. The number of rotatable bonds is 4. The van der Waals surface area contributed by atoms with Crippen LogP contribution in [0.3, 0.4) is 0 Å². The van der Waals surface area contributed by atoms with Crippen molar-refractivity contribution in [1.29, 1.82) is 0 Å². The van der Waals surface area contributed by atoms with E-state index in [-0.39, 0.29) is 5.92 Å².